The first-order valence-corrected chi connectivity index (χ1v) is 6.27. The molecule has 0 aliphatic heterocycles. The maximum absolute atomic E-state index is 10.9. The van der Waals surface area contributed by atoms with Crippen LogP contribution in [-0.4, -0.2) is 37.9 Å². The fourth-order valence-electron chi connectivity index (χ4n) is 2.17. The fourth-order valence-corrected chi connectivity index (χ4v) is 2.17. The number of aromatic nitrogens is 4. The van der Waals surface area contributed by atoms with E-state index in [1.54, 1.807) is 35.1 Å². The lowest BCUT2D eigenvalue weighted by atomic mass is 10.2. The van der Waals surface area contributed by atoms with Gasteiger partial charge >= 0.3 is 5.97 Å². The molecule has 0 bridgehead atoms. The number of fused-ring (bicyclic) bond motifs is 1. The van der Waals surface area contributed by atoms with E-state index in [4.69, 9.17) is 5.11 Å². The van der Waals surface area contributed by atoms with Gasteiger partial charge in [-0.05, 0) is 24.3 Å². The molecule has 0 saturated heterocycles. The zero-order valence-corrected chi connectivity index (χ0v) is 11.6. The van der Waals surface area contributed by atoms with Gasteiger partial charge in [0.1, 0.15) is 12.1 Å². The van der Waals surface area contributed by atoms with E-state index < -0.39 is 5.97 Å². The molecule has 0 aliphatic carbocycles. The number of carboxylic acid groups (broad SMARTS) is 1. The summed E-state index contributed by atoms with van der Waals surface area (Å²) in [5, 5.41) is 13.9. The Balaban J connectivity index is 2.03. The predicted molar refractivity (Wildman–Crippen MR) is 77.8 cm³/mol. The molecule has 0 saturated carbocycles. The van der Waals surface area contributed by atoms with Crippen molar-refractivity contribution >= 4 is 28.5 Å². The molecule has 0 spiro atoms. The largest absolute Gasteiger partial charge is 0.478 e. The number of hydrogen-bond acceptors (Lipinski definition) is 5. The van der Waals surface area contributed by atoms with E-state index >= 15 is 0 Å². The van der Waals surface area contributed by atoms with Crippen molar-refractivity contribution in [1.29, 1.82) is 0 Å². The second kappa shape index (κ2) is 4.86. The van der Waals surface area contributed by atoms with Crippen molar-refractivity contribution in [2.75, 3.05) is 11.9 Å². The highest BCUT2D eigenvalue weighted by atomic mass is 16.4. The van der Waals surface area contributed by atoms with Gasteiger partial charge in [0.25, 0.3) is 0 Å². The summed E-state index contributed by atoms with van der Waals surface area (Å²) < 4.78 is 1.68. The monoisotopic (exact) mass is 283 g/mol. The number of rotatable bonds is 3. The highest BCUT2D eigenvalue weighted by Gasteiger charge is 2.13. The first-order chi connectivity index (χ1) is 10.1. The van der Waals surface area contributed by atoms with Gasteiger partial charge in [0.2, 0.25) is 0 Å². The molecule has 1 N–H and O–H groups in total. The molecule has 7 heteroatoms. The first kappa shape index (κ1) is 13.0. The van der Waals surface area contributed by atoms with Gasteiger partial charge in [-0.15, -0.1) is 0 Å². The van der Waals surface area contributed by atoms with Crippen LogP contribution in [-0.2, 0) is 7.05 Å². The number of carboxylic acids is 1. The standard InChI is InChI=1S/C14H13N5O2/c1-18(10-5-3-9(4-6-10)14(20)21)12-11-7-17-19(2)13(11)16-8-15-12/h3-8H,1-2H3,(H,20,21). The van der Waals surface area contributed by atoms with Crippen molar-refractivity contribution in [2.24, 2.45) is 7.05 Å². The second-order valence-corrected chi connectivity index (χ2v) is 4.61. The molecule has 106 valence electrons. The third kappa shape index (κ3) is 2.18. The molecule has 1 aromatic carbocycles. The lowest BCUT2D eigenvalue weighted by Gasteiger charge is -2.18. The number of hydrogen-bond donors (Lipinski definition) is 1. The second-order valence-electron chi connectivity index (χ2n) is 4.61. The molecule has 2 aromatic heterocycles. The van der Waals surface area contributed by atoms with Crippen molar-refractivity contribution < 1.29 is 9.90 Å². The lowest BCUT2D eigenvalue weighted by molar-refractivity contribution is 0.0697. The Hall–Kier alpha value is -2.96. The number of anilines is 2. The normalized spacial score (nSPS) is 10.8. The zero-order chi connectivity index (χ0) is 15.0. The SMILES string of the molecule is CN(c1ccc(C(=O)O)cc1)c1ncnc2c1cnn2C. The Kier molecular flexibility index (Phi) is 3.02. The molecule has 0 amide bonds. The Morgan fingerprint density at radius 3 is 2.62 bits per heavy atom. The number of benzene rings is 1. The Labute approximate surface area is 120 Å². The third-order valence-corrected chi connectivity index (χ3v) is 3.33. The Bertz CT molecular complexity index is 810. The van der Waals surface area contributed by atoms with Crippen LogP contribution in [0.4, 0.5) is 11.5 Å². The molecule has 3 rings (SSSR count). The number of nitrogens with zero attached hydrogens (tertiary/aromatic N) is 5. The van der Waals surface area contributed by atoms with E-state index in [1.807, 2.05) is 19.0 Å². The smallest absolute Gasteiger partial charge is 0.335 e. The van der Waals surface area contributed by atoms with E-state index in [9.17, 15) is 4.79 Å². The summed E-state index contributed by atoms with van der Waals surface area (Å²) in [5.41, 5.74) is 1.83. The average Bonchev–Trinajstić information content (AvgIpc) is 2.88. The Morgan fingerprint density at radius 2 is 1.95 bits per heavy atom. The van der Waals surface area contributed by atoms with Crippen LogP contribution in [0.3, 0.4) is 0 Å². The van der Waals surface area contributed by atoms with Crippen LogP contribution in [0.25, 0.3) is 11.0 Å². The summed E-state index contributed by atoms with van der Waals surface area (Å²) in [4.78, 5) is 21.3. The maximum atomic E-state index is 10.9. The third-order valence-electron chi connectivity index (χ3n) is 3.33. The first-order valence-electron chi connectivity index (χ1n) is 6.27. The van der Waals surface area contributed by atoms with Crippen LogP contribution in [0, 0.1) is 0 Å². The molecular weight excluding hydrogens is 270 g/mol. The highest BCUT2D eigenvalue weighted by molar-refractivity contribution is 5.90. The van der Waals surface area contributed by atoms with Gasteiger partial charge in [0, 0.05) is 19.8 Å². The maximum Gasteiger partial charge on any atom is 0.335 e. The molecule has 2 heterocycles. The van der Waals surface area contributed by atoms with Crippen LogP contribution in [0.15, 0.2) is 36.8 Å². The van der Waals surface area contributed by atoms with Crippen molar-refractivity contribution in [3.8, 4) is 0 Å². The molecule has 0 aliphatic rings. The van der Waals surface area contributed by atoms with Crippen molar-refractivity contribution in [3.63, 3.8) is 0 Å². The molecular formula is C14H13N5O2. The molecule has 21 heavy (non-hydrogen) atoms. The zero-order valence-electron chi connectivity index (χ0n) is 11.6. The number of aromatic carboxylic acids is 1. The minimum absolute atomic E-state index is 0.251. The van der Waals surface area contributed by atoms with Gasteiger partial charge in [0.05, 0.1) is 17.1 Å². The van der Waals surface area contributed by atoms with Crippen molar-refractivity contribution in [2.45, 2.75) is 0 Å². The summed E-state index contributed by atoms with van der Waals surface area (Å²) in [6.45, 7) is 0. The van der Waals surface area contributed by atoms with E-state index in [-0.39, 0.29) is 5.56 Å². The van der Waals surface area contributed by atoms with Gasteiger partial charge < -0.3 is 10.0 Å². The van der Waals surface area contributed by atoms with Crippen molar-refractivity contribution in [1.82, 2.24) is 19.7 Å². The van der Waals surface area contributed by atoms with Crippen LogP contribution in [0.5, 0.6) is 0 Å². The predicted octanol–water partition coefficient (Wildman–Crippen LogP) is 1.83. The van der Waals surface area contributed by atoms with Gasteiger partial charge in [-0.25, -0.2) is 14.8 Å². The number of aryl methyl sites for hydroxylation is 1. The highest BCUT2D eigenvalue weighted by Crippen LogP contribution is 2.27. The molecule has 0 unspecified atom stereocenters. The summed E-state index contributed by atoms with van der Waals surface area (Å²) in [6, 6.07) is 6.62. The molecule has 3 aromatic rings. The van der Waals surface area contributed by atoms with Crippen LogP contribution < -0.4 is 4.90 Å². The number of carbonyl (C=O) groups is 1. The molecule has 0 atom stereocenters. The fraction of sp³-hybridized carbons (Fsp3) is 0.143. The minimum atomic E-state index is -0.944. The molecule has 0 radical (unpaired) electrons. The summed E-state index contributed by atoms with van der Waals surface area (Å²) in [6.07, 6.45) is 3.20. The van der Waals surface area contributed by atoms with E-state index in [0.717, 1.165) is 22.5 Å². The molecule has 0 fully saturated rings. The lowest BCUT2D eigenvalue weighted by Crippen LogP contribution is -2.12. The Morgan fingerprint density at radius 1 is 1.24 bits per heavy atom. The molecule has 7 nitrogen and oxygen atoms in total. The van der Waals surface area contributed by atoms with Crippen LogP contribution in [0.2, 0.25) is 0 Å². The summed E-state index contributed by atoms with van der Waals surface area (Å²) >= 11 is 0. The van der Waals surface area contributed by atoms with Gasteiger partial charge in [-0.3, -0.25) is 4.68 Å². The van der Waals surface area contributed by atoms with Gasteiger partial charge in [-0.1, -0.05) is 0 Å². The van der Waals surface area contributed by atoms with Crippen LogP contribution >= 0.6 is 0 Å². The van der Waals surface area contributed by atoms with Crippen LogP contribution in [0.1, 0.15) is 10.4 Å². The van der Waals surface area contributed by atoms with Crippen molar-refractivity contribution in [3.05, 3.63) is 42.4 Å². The van der Waals surface area contributed by atoms with Gasteiger partial charge in [-0.2, -0.15) is 5.10 Å². The average molecular weight is 283 g/mol. The van der Waals surface area contributed by atoms with E-state index in [0.29, 0.717) is 0 Å². The van der Waals surface area contributed by atoms with E-state index in [2.05, 4.69) is 15.1 Å². The van der Waals surface area contributed by atoms with E-state index in [1.165, 1.54) is 6.33 Å². The quantitative estimate of drug-likeness (QED) is 0.789. The topological polar surface area (TPSA) is 84.1 Å². The minimum Gasteiger partial charge on any atom is -0.478 e. The summed E-state index contributed by atoms with van der Waals surface area (Å²) in [5.74, 6) is -0.225. The van der Waals surface area contributed by atoms with Gasteiger partial charge in [0.15, 0.2) is 5.65 Å². The summed E-state index contributed by atoms with van der Waals surface area (Å²) in [7, 11) is 3.69.